The van der Waals surface area contributed by atoms with E-state index in [1.54, 1.807) is 26.0 Å². The maximum absolute atomic E-state index is 11.0. The lowest BCUT2D eigenvalue weighted by Crippen LogP contribution is -2.16. The standard InChI is InChI=1S/C11H12N2O/c1-8(14)9-4-5-10(13-6-9)11(2,3)7-12/h4-6H,1-3H3. The van der Waals surface area contributed by atoms with E-state index in [4.69, 9.17) is 5.26 Å². The number of Topliss-reactive ketones (excluding diaryl/α,β-unsaturated/α-hetero) is 1. The predicted molar refractivity (Wildman–Crippen MR) is 52.9 cm³/mol. The third kappa shape index (κ3) is 1.97. The Hall–Kier alpha value is -1.69. The van der Waals surface area contributed by atoms with Crippen molar-refractivity contribution in [2.45, 2.75) is 26.2 Å². The number of aromatic nitrogens is 1. The first-order chi connectivity index (χ1) is 6.47. The van der Waals surface area contributed by atoms with Crippen molar-refractivity contribution in [3.05, 3.63) is 29.6 Å². The Morgan fingerprint density at radius 3 is 2.50 bits per heavy atom. The maximum atomic E-state index is 11.0. The van der Waals surface area contributed by atoms with Gasteiger partial charge < -0.3 is 0 Å². The lowest BCUT2D eigenvalue weighted by Gasteiger charge is -2.13. The minimum Gasteiger partial charge on any atom is -0.294 e. The lowest BCUT2D eigenvalue weighted by atomic mass is 9.90. The summed E-state index contributed by atoms with van der Waals surface area (Å²) in [6, 6.07) is 5.58. The molecule has 0 spiro atoms. The van der Waals surface area contributed by atoms with Crippen LogP contribution < -0.4 is 0 Å². The molecule has 0 aliphatic heterocycles. The molecule has 0 aromatic carbocycles. The molecule has 1 rings (SSSR count). The second-order valence-electron chi connectivity index (χ2n) is 3.73. The van der Waals surface area contributed by atoms with Gasteiger partial charge in [-0.15, -0.1) is 0 Å². The molecule has 3 heteroatoms. The van der Waals surface area contributed by atoms with Crippen LogP contribution in [0.15, 0.2) is 18.3 Å². The molecule has 0 N–H and O–H groups in total. The molecule has 0 unspecified atom stereocenters. The van der Waals surface area contributed by atoms with E-state index in [1.165, 1.54) is 13.1 Å². The zero-order valence-electron chi connectivity index (χ0n) is 8.53. The number of ketones is 1. The van der Waals surface area contributed by atoms with E-state index < -0.39 is 5.41 Å². The highest BCUT2D eigenvalue weighted by Crippen LogP contribution is 2.19. The van der Waals surface area contributed by atoms with Crippen molar-refractivity contribution >= 4 is 5.78 Å². The summed E-state index contributed by atoms with van der Waals surface area (Å²) < 4.78 is 0. The Morgan fingerprint density at radius 1 is 1.50 bits per heavy atom. The summed E-state index contributed by atoms with van der Waals surface area (Å²) in [6.07, 6.45) is 1.51. The molecule has 3 nitrogen and oxygen atoms in total. The monoisotopic (exact) mass is 188 g/mol. The highest BCUT2D eigenvalue weighted by atomic mass is 16.1. The van der Waals surface area contributed by atoms with Crippen molar-refractivity contribution in [1.29, 1.82) is 5.26 Å². The first-order valence-electron chi connectivity index (χ1n) is 4.36. The minimum atomic E-state index is -0.602. The van der Waals surface area contributed by atoms with E-state index in [2.05, 4.69) is 11.1 Å². The molecule has 14 heavy (non-hydrogen) atoms. The molecule has 1 aromatic heterocycles. The van der Waals surface area contributed by atoms with E-state index in [-0.39, 0.29) is 5.78 Å². The van der Waals surface area contributed by atoms with Crippen molar-refractivity contribution in [3.8, 4) is 6.07 Å². The number of nitriles is 1. The van der Waals surface area contributed by atoms with Gasteiger partial charge in [-0.2, -0.15) is 5.26 Å². The fraction of sp³-hybridized carbons (Fsp3) is 0.364. The van der Waals surface area contributed by atoms with E-state index in [0.717, 1.165) is 0 Å². The molecule has 0 amide bonds. The van der Waals surface area contributed by atoms with Gasteiger partial charge in [0.1, 0.15) is 0 Å². The van der Waals surface area contributed by atoms with Crippen LogP contribution >= 0.6 is 0 Å². The van der Waals surface area contributed by atoms with Crippen LogP contribution in [-0.4, -0.2) is 10.8 Å². The van der Waals surface area contributed by atoms with Crippen LogP contribution in [0.1, 0.15) is 36.8 Å². The molecular weight excluding hydrogens is 176 g/mol. The molecular formula is C11H12N2O. The molecule has 0 saturated heterocycles. The van der Waals surface area contributed by atoms with Gasteiger partial charge in [-0.1, -0.05) is 0 Å². The van der Waals surface area contributed by atoms with Crippen molar-refractivity contribution < 1.29 is 4.79 Å². The number of hydrogen-bond acceptors (Lipinski definition) is 3. The number of nitrogens with zero attached hydrogens (tertiary/aromatic N) is 2. The van der Waals surface area contributed by atoms with Crippen LogP contribution in [0.3, 0.4) is 0 Å². The summed E-state index contributed by atoms with van der Waals surface area (Å²) in [4.78, 5) is 15.1. The predicted octanol–water partition coefficient (Wildman–Crippen LogP) is 2.09. The van der Waals surface area contributed by atoms with Crippen molar-refractivity contribution in [2.24, 2.45) is 0 Å². The molecule has 0 atom stereocenters. The summed E-state index contributed by atoms with van der Waals surface area (Å²) in [5.41, 5.74) is 0.655. The van der Waals surface area contributed by atoms with Crippen LogP contribution in [0.25, 0.3) is 0 Å². The first-order valence-corrected chi connectivity index (χ1v) is 4.36. The molecule has 72 valence electrons. The molecule has 0 aliphatic rings. The Morgan fingerprint density at radius 2 is 2.14 bits per heavy atom. The van der Waals surface area contributed by atoms with E-state index in [0.29, 0.717) is 11.3 Å². The second-order valence-corrected chi connectivity index (χ2v) is 3.73. The molecule has 0 aliphatic carbocycles. The van der Waals surface area contributed by atoms with Gasteiger partial charge in [0, 0.05) is 11.8 Å². The maximum Gasteiger partial charge on any atom is 0.161 e. The minimum absolute atomic E-state index is 0.0150. The molecule has 0 fully saturated rings. The van der Waals surface area contributed by atoms with Crippen LogP contribution in [0, 0.1) is 11.3 Å². The number of hydrogen-bond donors (Lipinski definition) is 0. The Kier molecular flexibility index (Phi) is 2.66. The van der Waals surface area contributed by atoms with Gasteiger partial charge in [-0.05, 0) is 32.9 Å². The third-order valence-electron chi connectivity index (χ3n) is 2.09. The number of pyridine rings is 1. The Labute approximate surface area is 83.4 Å². The summed E-state index contributed by atoms with van der Waals surface area (Å²) in [7, 11) is 0. The normalized spacial score (nSPS) is 10.7. The van der Waals surface area contributed by atoms with Crippen LogP contribution in [0.4, 0.5) is 0 Å². The number of rotatable bonds is 2. The van der Waals surface area contributed by atoms with E-state index in [9.17, 15) is 4.79 Å². The smallest absolute Gasteiger partial charge is 0.161 e. The largest absolute Gasteiger partial charge is 0.294 e. The SMILES string of the molecule is CC(=O)c1ccc(C(C)(C)C#N)nc1. The fourth-order valence-corrected chi connectivity index (χ4v) is 1.03. The summed E-state index contributed by atoms with van der Waals surface area (Å²) >= 11 is 0. The summed E-state index contributed by atoms with van der Waals surface area (Å²) in [5.74, 6) is -0.0150. The van der Waals surface area contributed by atoms with E-state index in [1.807, 2.05) is 0 Å². The first kappa shape index (κ1) is 10.4. The van der Waals surface area contributed by atoms with Gasteiger partial charge >= 0.3 is 0 Å². The van der Waals surface area contributed by atoms with Crippen LogP contribution in [0.2, 0.25) is 0 Å². The molecule has 1 heterocycles. The molecule has 1 aromatic rings. The quantitative estimate of drug-likeness (QED) is 0.668. The van der Waals surface area contributed by atoms with E-state index >= 15 is 0 Å². The lowest BCUT2D eigenvalue weighted by molar-refractivity contribution is 0.101. The summed E-state index contributed by atoms with van der Waals surface area (Å²) in [5, 5.41) is 8.87. The van der Waals surface area contributed by atoms with Crippen molar-refractivity contribution in [1.82, 2.24) is 4.98 Å². The Bertz CT molecular complexity index is 385. The topological polar surface area (TPSA) is 53.8 Å². The zero-order chi connectivity index (χ0) is 10.8. The second kappa shape index (κ2) is 3.59. The van der Waals surface area contributed by atoms with Gasteiger partial charge in [-0.3, -0.25) is 9.78 Å². The average molecular weight is 188 g/mol. The molecule has 0 saturated carbocycles. The third-order valence-corrected chi connectivity index (χ3v) is 2.09. The molecule has 0 radical (unpaired) electrons. The van der Waals surface area contributed by atoms with Crippen LogP contribution in [0.5, 0.6) is 0 Å². The molecule has 0 bridgehead atoms. The van der Waals surface area contributed by atoms with Gasteiger partial charge in [0.2, 0.25) is 0 Å². The van der Waals surface area contributed by atoms with Crippen molar-refractivity contribution in [2.75, 3.05) is 0 Å². The number of carbonyl (C=O) groups excluding carboxylic acids is 1. The summed E-state index contributed by atoms with van der Waals surface area (Å²) in [6.45, 7) is 5.08. The number of carbonyl (C=O) groups is 1. The highest BCUT2D eigenvalue weighted by molar-refractivity contribution is 5.93. The van der Waals surface area contributed by atoms with Gasteiger partial charge in [-0.25, -0.2) is 0 Å². The van der Waals surface area contributed by atoms with Gasteiger partial charge in [0.25, 0.3) is 0 Å². The van der Waals surface area contributed by atoms with Gasteiger partial charge in [0.15, 0.2) is 5.78 Å². The Balaban J connectivity index is 3.07. The average Bonchev–Trinajstić information content (AvgIpc) is 2.18. The van der Waals surface area contributed by atoms with Gasteiger partial charge in [0.05, 0.1) is 17.2 Å². The van der Waals surface area contributed by atoms with Crippen LogP contribution in [-0.2, 0) is 5.41 Å². The highest BCUT2D eigenvalue weighted by Gasteiger charge is 2.21. The van der Waals surface area contributed by atoms with Crippen molar-refractivity contribution in [3.63, 3.8) is 0 Å². The fourth-order valence-electron chi connectivity index (χ4n) is 1.03. The zero-order valence-corrected chi connectivity index (χ0v) is 8.53.